The third kappa shape index (κ3) is 13.1. The summed E-state index contributed by atoms with van der Waals surface area (Å²) in [5.74, 6) is 0. The van der Waals surface area contributed by atoms with Crippen LogP contribution in [0.1, 0.15) is 79.1 Å². The van der Waals surface area contributed by atoms with Gasteiger partial charge in [-0.3, -0.25) is 0 Å². The monoisotopic (exact) mass is 309 g/mol. The fourth-order valence-corrected chi connectivity index (χ4v) is 2.64. The average Bonchev–Trinajstić information content (AvgIpc) is 2.48. The SMILES string of the molecule is CCCC[N+](CCCC)(CCCC)CCCC.O[SiH3].[F-]. The van der Waals surface area contributed by atoms with Crippen LogP contribution in [-0.2, 0) is 0 Å². The number of unbranched alkanes of at least 4 members (excludes halogenated alkanes) is 4. The molecule has 0 amide bonds. The van der Waals surface area contributed by atoms with Gasteiger partial charge < -0.3 is 14.0 Å². The lowest BCUT2D eigenvalue weighted by molar-refractivity contribution is -0.929. The van der Waals surface area contributed by atoms with E-state index < -0.39 is 0 Å². The Morgan fingerprint density at radius 2 is 0.800 bits per heavy atom. The Balaban J connectivity index is -0.000000916. The van der Waals surface area contributed by atoms with Crippen molar-refractivity contribution in [3.8, 4) is 0 Å². The molecule has 0 aliphatic rings. The number of nitrogens with zero attached hydrogens (tertiary/aromatic N) is 1. The second kappa shape index (κ2) is 19.1. The van der Waals surface area contributed by atoms with Crippen LogP contribution in [0.2, 0.25) is 0 Å². The molecule has 0 bridgehead atoms. The van der Waals surface area contributed by atoms with Crippen LogP contribution in [0.25, 0.3) is 0 Å². The predicted molar refractivity (Wildman–Crippen MR) is 91.5 cm³/mol. The van der Waals surface area contributed by atoms with Gasteiger partial charge in [-0.1, -0.05) is 53.4 Å². The van der Waals surface area contributed by atoms with E-state index in [-0.39, 0.29) is 4.70 Å². The molecule has 0 heterocycles. The minimum atomic E-state index is 0. The first kappa shape index (κ1) is 25.0. The molecule has 0 unspecified atom stereocenters. The van der Waals surface area contributed by atoms with E-state index in [1.807, 2.05) is 0 Å². The first-order valence-electron chi connectivity index (χ1n) is 8.54. The molecule has 1 N–H and O–H groups in total. The van der Waals surface area contributed by atoms with Crippen LogP contribution in [0.4, 0.5) is 0 Å². The molecule has 0 atom stereocenters. The molecule has 0 aromatic heterocycles. The number of quaternary nitrogens is 1. The van der Waals surface area contributed by atoms with Crippen molar-refractivity contribution in [3.63, 3.8) is 0 Å². The van der Waals surface area contributed by atoms with Crippen molar-refractivity contribution in [1.29, 1.82) is 0 Å². The van der Waals surface area contributed by atoms with Crippen LogP contribution in [0, 0.1) is 0 Å². The summed E-state index contributed by atoms with van der Waals surface area (Å²) in [6.07, 6.45) is 11.1. The molecule has 0 aromatic rings. The van der Waals surface area contributed by atoms with Crippen LogP contribution in [-0.4, -0.2) is 45.9 Å². The summed E-state index contributed by atoms with van der Waals surface area (Å²) in [7, 11) is 0.306. The average molecular weight is 310 g/mol. The van der Waals surface area contributed by atoms with Gasteiger partial charge in [0.05, 0.1) is 26.2 Å². The Morgan fingerprint density at radius 1 is 0.600 bits per heavy atom. The smallest absolute Gasteiger partial charge is 0.141 e. The van der Waals surface area contributed by atoms with Crippen molar-refractivity contribution in [2.75, 3.05) is 26.2 Å². The van der Waals surface area contributed by atoms with Gasteiger partial charge in [-0.15, -0.1) is 0 Å². The van der Waals surface area contributed by atoms with E-state index >= 15 is 0 Å². The molecule has 2 nitrogen and oxygen atoms in total. The summed E-state index contributed by atoms with van der Waals surface area (Å²) in [5, 5.41) is 0. The van der Waals surface area contributed by atoms with Crippen molar-refractivity contribution >= 4 is 10.5 Å². The summed E-state index contributed by atoms with van der Waals surface area (Å²) >= 11 is 0. The maximum atomic E-state index is 7.14. The lowest BCUT2D eigenvalue weighted by Crippen LogP contribution is -3.00. The second-order valence-electron chi connectivity index (χ2n) is 5.65. The summed E-state index contributed by atoms with van der Waals surface area (Å²) < 4.78 is 1.42. The van der Waals surface area contributed by atoms with Gasteiger partial charge in [-0.05, 0) is 25.7 Å². The second-order valence-corrected chi connectivity index (χ2v) is 5.65. The van der Waals surface area contributed by atoms with E-state index in [2.05, 4.69) is 27.7 Å². The molecular formula is C16H40FNOSi. The Hall–Kier alpha value is 0.0669. The van der Waals surface area contributed by atoms with E-state index in [0.29, 0.717) is 10.5 Å². The lowest BCUT2D eigenvalue weighted by Gasteiger charge is -2.39. The molecule has 0 spiro atoms. The summed E-state index contributed by atoms with van der Waals surface area (Å²) in [4.78, 5) is 7.14. The Morgan fingerprint density at radius 3 is 0.950 bits per heavy atom. The Labute approximate surface area is 130 Å². The Kier molecular flexibility index (Phi) is 23.9. The quantitative estimate of drug-likeness (QED) is 0.405. The molecule has 0 saturated heterocycles. The fraction of sp³-hybridized carbons (Fsp3) is 1.00. The van der Waals surface area contributed by atoms with Crippen molar-refractivity contribution < 1.29 is 14.0 Å². The number of hydrogen-bond acceptors (Lipinski definition) is 1. The molecule has 0 saturated carbocycles. The number of hydrogen-bond donors (Lipinski definition) is 1. The van der Waals surface area contributed by atoms with Gasteiger partial charge in [-0.2, -0.15) is 0 Å². The topological polar surface area (TPSA) is 20.2 Å². The van der Waals surface area contributed by atoms with Crippen LogP contribution in [0.5, 0.6) is 0 Å². The van der Waals surface area contributed by atoms with Gasteiger partial charge in [0.25, 0.3) is 0 Å². The van der Waals surface area contributed by atoms with E-state index in [9.17, 15) is 0 Å². The normalized spacial score (nSPS) is 10.7. The fourth-order valence-electron chi connectivity index (χ4n) is 2.64. The molecule has 20 heavy (non-hydrogen) atoms. The van der Waals surface area contributed by atoms with Gasteiger partial charge in [0.2, 0.25) is 0 Å². The first-order valence-corrected chi connectivity index (χ1v) is 9.43. The summed E-state index contributed by atoms with van der Waals surface area (Å²) in [5.41, 5.74) is 0. The standard InChI is InChI=1S/C16H36N.FH.H4OSi/c1-5-9-13-17(14-10-6-2,15-11-7-3)16-12-8-4;;1-2/h5-16H2,1-4H3;1H;1H,2H3/q+1;;/p-1. The van der Waals surface area contributed by atoms with Gasteiger partial charge in [-0.25, -0.2) is 0 Å². The van der Waals surface area contributed by atoms with Crippen molar-refractivity contribution in [3.05, 3.63) is 0 Å². The van der Waals surface area contributed by atoms with Crippen LogP contribution >= 0.6 is 0 Å². The van der Waals surface area contributed by atoms with Crippen LogP contribution in [0.3, 0.4) is 0 Å². The largest absolute Gasteiger partial charge is 1.00 e. The van der Waals surface area contributed by atoms with Gasteiger partial charge in [0, 0.05) is 0 Å². The zero-order valence-corrected chi connectivity index (χ0v) is 16.8. The van der Waals surface area contributed by atoms with Gasteiger partial charge >= 0.3 is 0 Å². The molecule has 4 heteroatoms. The van der Waals surface area contributed by atoms with E-state index in [4.69, 9.17) is 4.80 Å². The number of halogens is 1. The zero-order valence-electron chi connectivity index (χ0n) is 14.8. The molecule has 0 aliphatic carbocycles. The minimum Gasteiger partial charge on any atom is -1.00 e. The van der Waals surface area contributed by atoms with E-state index in [0.717, 1.165) is 0 Å². The molecule has 0 aliphatic heterocycles. The predicted octanol–water partition coefficient (Wildman–Crippen LogP) is 0.267. The molecular weight excluding hydrogens is 269 g/mol. The highest BCUT2D eigenvalue weighted by Crippen LogP contribution is 2.16. The minimum absolute atomic E-state index is 0. The lowest BCUT2D eigenvalue weighted by atomic mass is 10.1. The van der Waals surface area contributed by atoms with Gasteiger partial charge in [0.1, 0.15) is 10.5 Å². The highest BCUT2D eigenvalue weighted by Gasteiger charge is 2.24. The summed E-state index contributed by atoms with van der Waals surface area (Å²) in [6, 6.07) is 0. The van der Waals surface area contributed by atoms with Crippen molar-refractivity contribution in [1.82, 2.24) is 0 Å². The maximum Gasteiger partial charge on any atom is 0.141 e. The number of rotatable bonds is 12. The molecule has 0 fully saturated rings. The molecule has 0 rings (SSSR count). The Bertz CT molecular complexity index is 133. The van der Waals surface area contributed by atoms with E-state index in [1.165, 1.54) is 82.0 Å². The first-order chi connectivity index (χ1) is 9.24. The van der Waals surface area contributed by atoms with Crippen LogP contribution < -0.4 is 4.70 Å². The third-order valence-electron chi connectivity index (χ3n) is 3.94. The third-order valence-corrected chi connectivity index (χ3v) is 3.94. The highest BCUT2D eigenvalue weighted by molar-refractivity contribution is 5.95. The van der Waals surface area contributed by atoms with Crippen molar-refractivity contribution in [2.24, 2.45) is 0 Å². The van der Waals surface area contributed by atoms with Crippen LogP contribution in [0.15, 0.2) is 0 Å². The molecule has 0 radical (unpaired) electrons. The summed E-state index contributed by atoms with van der Waals surface area (Å²) in [6.45, 7) is 15.0. The molecule has 0 aromatic carbocycles. The van der Waals surface area contributed by atoms with Crippen molar-refractivity contribution in [2.45, 2.75) is 79.1 Å². The maximum absolute atomic E-state index is 7.14. The zero-order chi connectivity index (χ0) is 15.0. The van der Waals surface area contributed by atoms with E-state index in [1.54, 1.807) is 0 Å². The highest BCUT2D eigenvalue weighted by atomic mass is 28.2. The molecule has 126 valence electrons. The van der Waals surface area contributed by atoms with Gasteiger partial charge in [0.15, 0.2) is 0 Å².